The number of nitriles is 1. The van der Waals surface area contributed by atoms with Crippen molar-refractivity contribution in [1.29, 1.82) is 5.26 Å². The molecule has 2 rings (SSSR count). The van der Waals surface area contributed by atoms with Crippen molar-refractivity contribution >= 4 is 17.5 Å². The fraction of sp³-hybridized carbons (Fsp3) is 0.333. The monoisotopic (exact) mass is 268 g/mol. The Hall–Kier alpha value is -1.64. The van der Waals surface area contributed by atoms with Gasteiger partial charge in [-0.15, -0.1) is 0 Å². The highest BCUT2D eigenvalue weighted by atomic mass is 35.5. The molecule has 94 valence electrons. The van der Waals surface area contributed by atoms with Crippen LogP contribution in [-0.4, -0.2) is 19.1 Å². The molecular formula is C12H10ClFN2O2. The Kier molecular flexibility index (Phi) is 3.50. The van der Waals surface area contributed by atoms with Crippen LogP contribution >= 0.6 is 11.6 Å². The van der Waals surface area contributed by atoms with E-state index in [1.165, 1.54) is 18.2 Å². The Morgan fingerprint density at radius 1 is 1.61 bits per heavy atom. The highest BCUT2D eigenvalue weighted by Crippen LogP contribution is 2.26. The molecule has 1 aliphatic heterocycles. The van der Waals surface area contributed by atoms with Crippen LogP contribution in [0.25, 0.3) is 0 Å². The molecule has 1 aromatic carbocycles. The molecule has 1 saturated heterocycles. The number of carbonyl (C=O) groups is 1. The summed E-state index contributed by atoms with van der Waals surface area (Å²) in [7, 11) is 0. The van der Waals surface area contributed by atoms with Crippen molar-refractivity contribution in [1.82, 2.24) is 5.32 Å². The second kappa shape index (κ2) is 4.92. The van der Waals surface area contributed by atoms with Crippen molar-refractivity contribution in [2.24, 2.45) is 5.41 Å². The first kappa shape index (κ1) is 12.8. The molecule has 6 heteroatoms. The Morgan fingerprint density at radius 2 is 2.33 bits per heavy atom. The zero-order valence-corrected chi connectivity index (χ0v) is 10.1. The topological polar surface area (TPSA) is 62.1 Å². The van der Waals surface area contributed by atoms with Gasteiger partial charge >= 0.3 is 0 Å². The van der Waals surface area contributed by atoms with Gasteiger partial charge in [0, 0.05) is 17.1 Å². The van der Waals surface area contributed by atoms with Crippen molar-refractivity contribution in [2.75, 3.05) is 13.2 Å². The molecule has 4 nitrogen and oxygen atoms in total. The van der Waals surface area contributed by atoms with E-state index in [1.807, 2.05) is 6.07 Å². The van der Waals surface area contributed by atoms with E-state index in [0.717, 1.165) is 0 Å². The van der Waals surface area contributed by atoms with Gasteiger partial charge in [0.2, 0.25) is 5.91 Å². The van der Waals surface area contributed by atoms with Crippen LogP contribution in [0.15, 0.2) is 18.2 Å². The molecule has 0 aliphatic carbocycles. The molecule has 1 aliphatic rings. The van der Waals surface area contributed by atoms with Crippen LogP contribution in [0, 0.1) is 22.6 Å². The first-order valence-corrected chi connectivity index (χ1v) is 5.66. The van der Waals surface area contributed by atoms with Gasteiger partial charge in [-0.2, -0.15) is 5.26 Å². The number of rotatable bonds is 3. The summed E-state index contributed by atoms with van der Waals surface area (Å²) >= 11 is 5.74. The molecule has 0 unspecified atom stereocenters. The van der Waals surface area contributed by atoms with Crippen LogP contribution in [0.2, 0.25) is 5.02 Å². The van der Waals surface area contributed by atoms with Gasteiger partial charge in [0.25, 0.3) is 0 Å². The molecule has 1 aromatic rings. The van der Waals surface area contributed by atoms with Gasteiger partial charge in [0.15, 0.2) is 5.41 Å². The van der Waals surface area contributed by atoms with Crippen molar-refractivity contribution in [3.05, 3.63) is 34.6 Å². The number of carbonyl (C=O) groups excluding carboxylic acids is 1. The van der Waals surface area contributed by atoms with E-state index >= 15 is 0 Å². The fourth-order valence-corrected chi connectivity index (χ4v) is 1.77. The Labute approximate surface area is 108 Å². The minimum atomic E-state index is -1.13. The van der Waals surface area contributed by atoms with E-state index in [0.29, 0.717) is 5.02 Å². The highest BCUT2D eigenvalue weighted by molar-refractivity contribution is 6.30. The van der Waals surface area contributed by atoms with Gasteiger partial charge in [0.1, 0.15) is 5.82 Å². The standard InChI is InChI=1S/C12H10ClFN2O2/c13-9-1-2-10(14)8(3-9)4-16-11(17)12(5-15)6-18-7-12/h1-3H,4,6-7H2,(H,16,17). The normalized spacial score (nSPS) is 16.5. The molecule has 1 N–H and O–H groups in total. The molecule has 1 amide bonds. The predicted octanol–water partition coefficient (Wildman–Crippen LogP) is 1.64. The number of nitrogens with zero attached hydrogens (tertiary/aromatic N) is 1. The number of hydrogen-bond donors (Lipinski definition) is 1. The number of ether oxygens (including phenoxy) is 1. The third-order valence-electron chi connectivity index (χ3n) is 2.79. The zero-order valence-electron chi connectivity index (χ0n) is 9.37. The number of benzene rings is 1. The summed E-state index contributed by atoms with van der Waals surface area (Å²) in [6.07, 6.45) is 0. The number of amides is 1. The average molecular weight is 269 g/mol. The molecule has 1 fully saturated rings. The van der Waals surface area contributed by atoms with Crippen LogP contribution in [0.1, 0.15) is 5.56 Å². The molecule has 0 bridgehead atoms. The molecule has 0 spiro atoms. The molecule has 0 atom stereocenters. The quantitative estimate of drug-likeness (QED) is 0.906. The van der Waals surface area contributed by atoms with E-state index < -0.39 is 17.1 Å². The molecule has 0 radical (unpaired) electrons. The Morgan fingerprint density at radius 3 is 2.89 bits per heavy atom. The lowest BCUT2D eigenvalue weighted by Crippen LogP contribution is -2.53. The van der Waals surface area contributed by atoms with Gasteiger partial charge < -0.3 is 10.1 Å². The summed E-state index contributed by atoms with van der Waals surface area (Å²) in [5.74, 6) is -0.897. The molecule has 1 heterocycles. The third-order valence-corrected chi connectivity index (χ3v) is 3.03. The van der Waals surface area contributed by atoms with Crippen LogP contribution in [0.3, 0.4) is 0 Å². The zero-order chi connectivity index (χ0) is 13.2. The SMILES string of the molecule is N#CC1(C(=O)NCc2cc(Cl)ccc2F)COC1. The van der Waals surface area contributed by atoms with Crippen molar-refractivity contribution < 1.29 is 13.9 Å². The summed E-state index contributed by atoms with van der Waals surface area (Å²) in [4.78, 5) is 11.8. The largest absolute Gasteiger partial charge is 0.377 e. The lowest BCUT2D eigenvalue weighted by molar-refractivity contribution is -0.150. The van der Waals surface area contributed by atoms with E-state index in [2.05, 4.69) is 5.32 Å². The second-order valence-corrected chi connectivity index (χ2v) is 4.54. The summed E-state index contributed by atoms with van der Waals surface area (Å²) in [5, 5.41) is 11.8. The Bertz CT molecular complexity index is 523. The lowest BCUT2D eigenvalue weighted by Gasteiger charge is -2.33. The van der Waals surface area contributed by atoms with E-state index in [1.54, 1.807) is 0 Å². The van der Waals surface area contributed by atoms with Gasteiger partial charge in [-0.25, -0.2) is 4.39 Å². The first-order valence-electron chi connectivity index (χ1n) is 5.29. The third kappa shape index (κ3) is 2.30. The van der Waals surface area contributed by atoms with Gasteiger partial charge in [-0.05, 0) is 18.2 Å². The summed E-state index contributed by atoms with van der Waals surface area (Å²) < 4.78 is 18.3. The summed E-state index contributed by atoms with van der Waals surface area (Å²) in [6, 6.07) is 6.02. The summed E-state index contributed by atoms with van der Waals surface area (Å²) in [5.41, 5.74) is -0.848. The maximum Gasteiger partial charge on any atom is 0.245 e. The van der Waals surface area contributed by atoms with Crippen molar-refractivity contribution in [3.63, 3.8) is 0 Å². The maximum absolute atomic E-state index is 13.4. The average Bonchev–Trinajstić information content (AvgIpc) is 2.29. The lowest BCUT2D eigenvalue weighted by atomic mass is 9.87. The smallest absolute Gasteiger partial charge is 0.245 e. The predicted molar refractivity (Wildman–Crippen MR) is 62.1 cm³/mol. The number of hydrogen-bond acceptors (Lipinski definition) is 3. The van der Waals surface area contributed by atoms with Crippen molar-refractivity contribution in [3.8, 4) is 6.07 Å². The van der Waals surface area contributed by atoms with E-state index in [9.17, 15) is 9.18 Å². The number of halogens is 2. The Balaban J connectivity index is 2.02. The van der Waals surface area contributed by atoms with E-state index in [-0.39, 0.29) is 25.3 Å². The minimum absolute atomic E-state index is 0.00530. The van der Waals surface area contributed by atoms with Crippen molar-refractivity contribution in [2.45, 2.75) is 6.54 Å². The van der Waals surface area contributed by atoms with Gasteiger partial charge in [-0.3, -0.25) is 4.79 Å². The fourth-order valence-electron chi connectivity index (χ4n) is 1.58. The van der Waals surface area contributed by atoms with E-state index in [4.69, 9.17) is 21.6 Å². The van der Waals surface area contributed by atoms with Gasteiger partial charge in [-0.1, -0.05) is 11.6 Å². The molecule has 18 heavy (non-hydrogen) atoms. The molecular weight excluding hydrogens is 259 g/mol. The van der Waals surface area contributed by atoms with Crippen LogP contribution in [0.4, 0.5) is 4.39 Å². The van der Waals surface area contributed by atoms with Crippen LogP contribution in [-0.2, 0) is 16.1 Å². The van der Waals surface area contributed by atoms with Crippen LogP contribution in [0.5, 0.6) is 0 Å². The second-order valence-electron chi connectivity index (χ2n) is 4.11. The van der Waals surface area contributed by atoms with Crippen LogP contribution < -0.4 is 5.32 Å². The maximum atomic E-state index is 13.4. The minimum Gasteiger partial charge on any atom is -0.377 e. The molecule has 0 aromatic heterocycles. The summed E-state index contributed by atoms with van der Waals surface area (Å²) in [6.45, 7) is 0.148. The molecule has 0 saturated carbocycles. The van der Waals surface area contributed by atoms with Gasteiger partial charge in [0.05, 0.1) is 19.3 Å². The highest BCUT2D eigenvalue weighted by Gasteiger charge is 2.46. The number of nitrogens with one attached hydrogen (secondary N) is 1. The first-order chi connectivity index (χ1) is 8.57.